The zero-order valence-corrected chi connectivity index (χ0v) is 10.7. The molecule has 0 aliphatic rings. The van der Waals surface area contributed by atoms with E-state index in [0.29, 0.717) is 5.91 Å². The van der Waals surface area contributed by atoms with Gasteiger partial charge in [0, 0.05) is 19.5 Å². The number of hydrogen-bond acceptors (Lipinski definition) is 1. The zero-order valence-electron chi connectivity index (χ0n) is 10.7. The Morgan fingerprint density at radius 2 is 1.47 bits per heavy atom. The van der Waals surface area contributed by atoms with E-state index in [1.807, 2.05) is 0 Å². The molecule has 0 aliphatic carbocycles. The normalized spacial score (nSPS) is 10.3. The summed E-state index contributed by atoms with van der Waals surface area (Å²) in [6, 6.07) is 0. The van der Waals surface area contributed by atoms with Crippen molar-refractivity contribution in [1.29, 1.82) is 0 Å². The van der Waals surface area contributed by atoms with Gasteiger partial charge in [-0.3, -0.25) is 4.79 Å². The highest BCUT2D eigenvalue weighted by Gasteiger charge is 2.10. The highest BCUT2D eigenvalue weighted by atomic mass is 16.2. The molecule has 0 spiro atoms. The van der Waals surface area contributed by atoms with Gasteiger partial charge in [-0.15, -0.1) is 0 Å². The van der Waals surface area contributed by atoms with Gasteiger partial charge in [0.25, 0.3) is 0 Å². The molecular weight excluding hydrogens is 186 g/mol. The first-order valence-electron chi connectivity index (χ1n) is 6.54. The van der Waals surface area contributed by atoms with Crippen LogP contribution in [0.1, 0.15) is 65.7 Å². The molecule has 0 aromatic heterocycles. The van der Waals surface area contributed by atoms with Crippen LogP contribution in [0.5, 0.6) is 0 Å². The fourth-order valence-corrected chi connectivity index (χ4v) is 1.63. The lowest BCUT2D eigenvalue weighted by molar-refractivity contribution is -0.131. The fourth-order valence-electron chi connectivity index (χ4n) is 1.63. The summed E-state index contributed by atoms with van der Waals surface area (Å²) >= 11 is 0. The average molecular weight is 213 g/mol. The minimum Gasteiger partial charge on any atom is -0.343 e. The summed E-state index contributed by atoms with van der Waals surface area (Å²) in [5.41, 5.74) is 0. The molecule has 0 radical (unpaired) electrons. The van der Waals surface area contributed by atoms with Crippen molar-refractivity contribution in [2.45, 2.75) is 65.7 Å². The predicted octanol–water partition coefficient (Wildman–Crippen LogP) is 3.61. The summed E-state index contributed by atoms with van der Waals surface area (Å²) in [5, 5.41) is 0. The third-order valence-corrected chi connectivity index (χ3v) is 2.63. The first kappa shape index (κ1) is 14.5. The molecule has 2 nitrogen and oxygen atoms in total. The van der Waals surface area contributed by atoms with E-state index < -0.39 is 0 Å². The molecule has 1 amide bonds. The summed E-state index contributed by atoms with van der Waals surface area (Å²) in [5.74, 6) is 0.349. The van der Waals surface area contributed by atoms with Crippen molar-refractivity contribution < 1.29 is 4.79 Å². The third-order valence-electron chi connectivity index (χ3n) is 2.63. The number of hydrogen-bond donors (Lipinski definition) is 0. The lowest BCUT2D eigenvalue weighted by atomic mass is 10.2. The summed E-state index contributed by atoms with van der Waals surface area (Å²) in [6.07, 6.45) is 7.62. The molecule has 15 heavy (non-hydrogen) atoms. The predicted molar refractivity (Wildman–Crippen MR) is 65.9 cm³/mol. The Hall–Kier alpha value is -0.530. The van der Waals surface area contributed by atoms with Crippen LogP contribution in [0.25, 0.3) is 0 Å². The second-order valence-electron chi connectivity index (χ2n) is 4.19. The van der Waals surface area contributed by atoms with E-state index in [1.54, 1.807) is 0 Å². The molecular formula is C13H27NO. The van der Waals surface area contributed by atoms with Crippen molar-refractivity contribution in [2.75, 3.05) is 13.1 Å². The molecule has 0 aromatic carbocycles. The Kier molecular flexibility index (Phi) is 9.65. The number of rotatable bonds is 9. The maximum atomic E-state index is 11.8. The highest BCUT2D eigenvalue weighted by molar-refractivity contribution is 5.76. The molecule has 2 heteroatoms. The van der Waals surface area contributed by atoms with Crippen molar-refractivity contribution in [3.05, 3.63) is 0 Å². The quantitative estimate of drug-likeness (QED) is 0.536. The molecule has 0 bridgehead atoms. The Morgan fingerprint density at radius 1 is 0.867 bits per heavy atom. The van der Waals surface area contributed by atoms with Crippen molar-refractivity contribution in [3.8, 4) is 0 Å². The Labute approximate surface area is 95.0 Å². The van der Waals surface area contributed by atoms with E-state index in [9.17, 15) is 4.79 Å². The number of unbranched alkanes of at least 4 members (excludes halogenated alkanes) is 3. The topological polar surface area (TPSA) is 20.3 Å². The van der Waals surface area contributed by atoms with Crippen LogP contribution >= 0.6 is 0 Å². The van der Waals surface area contributed by atoms with E-state index in [4.69, 9.17) is 0 Å². The van der Waals surface area contributed by atoms with Crippen molar-refractivity contribution >= 4 is 5.91 Å². The van der Waals surface area contributed by atoms with Gasteiger partial charge in [0.2, 0.25) is 5.91 Å². The van der Waals surface area contributed by atoms with Crippen LogP contribution < -0.4 is 0 Å². The second-order valence-corrected chi connectivity index (χ2v) is 4.19. The van der Waals surface area contributed by atoms with Crippen molar-refractivity contribution in [2.24, 2.45) is 0 Å². The minimum absolute atomic E-state index is 0.349. The smallest absolute Gasteiger partial charge is 0.222 e. The maximum absolute atomic E-state index is 11.8. The molecule has 0 heterocycles. The van der Waals surface area contributed by atoms with Gasteiger partial charge in [0.1, 0.15) is 0 Å². The standard InChI is InChI=1S/C13H27NO/c1-4-7-9-12-14(11-8-5-2)13(15)10-6-3/h4-12H2,1-3H3. The van der Waals surface area contributed by atoms with E-state index in [0.717, 1.165) is 38.8 Å². The van der Waals surface area contributed by atoms with Crippen LogP contribution in [-0.2, 0) is 4.79 Å². The summed E-state index contributed by atoms with van der Waals surface area (Å²) in [6.45, 7) is 8.37. The first-order valence-corrected chi connectivity index (χ1v) is 6.54. The molecule has 0 fully saturated rings. The van der Waals surface area contributed by atoms with Gasteiger partial charge in [0.05, 0.1) is 0 Å². The van der Waals surface area contributed by atoms with Crippen LogP contribution in [-0.4, -0.2) is 23.9 Å². The van der Waals surface area contributed by atoms with Gasteiger partial charge in [-0.1, -0.05) is 40.0 Å². The van der Waals surface area contributed by atoms with Gasteiger partial charge in [0.15, 0.2) is 0 Å². The van der Waals surface area contributed by atoms with E-state index in [-0.39, 0.29) is 0 Å². The van der Waals surface area contributed by atoms with Gasteiger partial charge < -0.3 is 4.90 Å². The van der Waals surface area contributed by atoms with E-state index in [2.05, 4.69) is 25.7 Å². The molecule has 0 atom stereocenters. The molecule has 0 aliphatic heterocycles. The first-order chi connectivity index (χ1) is 7.26. The molecule has 0 rings (SSSR count). The third kappa shape index (κ3) is 7.40. The number of carbonyl (C=O) groups excluding carboxylic acids is 1. The van der Waals surface area contributed by atoms with Crippen molar-refractivity contribution in [3.63, 3.8) is 0 Å². The van der Waals surface area contributed by atoms with Gasteiger partial charge in [-0.25, -0.2) is 0 Å². The van der Waals surface area contributed by atoms with Crippen LogP contribution in [0.15, 0.2) is 0 Å². The molecule has 0 N–H and O–H groups in total. The lowest BCUT2D eigenvalue weighted by Crippen LogP contribution is -2.32. The second kappa shape index (κ2) is 10.0. The fraction of sp³-hybridized carbons (Fsp3) is 0.923. The van der Waals surface area contributed by atoms with Crippen LogP contribution in [0, 0.1) is 0 Å². The maximum Gasteiger partial charge on any atom is 0.222 e. The number of carbonyl (C=O) groups is 1. The van der Waals surface area contributed by atoms with Crippen LogP contribution in [0.2, 0.25) is 0 Å². The molecule has 0 saturated carbocycles. The molecule has 0 saturated heterocycles. The minimum atomic E-state index is 0.349. The van der Waals surface area contributed by atoms with Crippen molar-refractivity contribution in [1.82, 2.24) is 4.90 Å². The largest absolute Gasteiger partial charge is 0.343 e. The summed E-state index contributed by atoms with van der Waals surface area (Å²) < 4.78 is 0. The Bertz CT molecular complexity index is 157. The number of amides is 1. The average Bonchev–Trinajstić information content (AvgIpc) is 2.23. The van der Waals surface area contributed by atoms with Gasteiger partial charge >= 0.3 is 0 Å². The van der Waals surface area contributed by atoms with Crippen LogP contribution in [0.3, 0.4) is 0 Å². The Balaban J connectivity index is 3.87. The van der Waals surface area contributed by atoms with Gasteiger partial charge in [-0.2, -0.15) is 0 Å². The van der Waals surface area contributed by atoms with Gasteiger partial charge in [-0.05, 0) is 19.3 Å². The number of nitrogens with zero attached hydrogens (tertiary/aromatic N) is 1. The van der Waals surface area contributed by atoms with E-state index >= 15 is 0 Å². The summed E-state index contributed by atoms with van der Waals surface area (Å²) in [7, 11) is 0. The zero-order chi connectivity index (χ0) is 11.5. The molecule has 90 valence electrons. The monoisotopic (exact) mass is 213 g/mol. The lowest BCUT2D eigenvalue weighted by Gasteiger charge is -2.22. The molecule has 0 aromatic rings. The SMILES string of the molecule is CCCCCN(CCCC)C(=O)CCC. The molecule has 0 unspecified atom stereocenters. The van der Waals surface area contributed by atoms with Crippen LogP contribution in [0.4, 0.5) is 0 Å². The van der Waals surface area contributed by atoms with E-state index in [1.165, 1.54) is 19.3 Å². The Morgan fingerprint density at radius 3 is 2.00 bits per heavy atom. The summed E-state index contributed by atoms with van der Waals surface area (Å²) in [4.78, 5) is 13.8. The highest BCUT2D eigenvalue weighted by Crippen LogP contribution is 2.04.